The molecule has 0 aliphatic heterocycles. The van der Waals surface area contributed by atoms with Gasteiger partial charge in [-0.1, -0.05) is 127 Å². The number of anilines is 2. The van der Waals surface area contributed by atoms with Crippen LogP contribution in [0.3, 0.4) is 0 Å². The number of thiophene rings is 1. The van der Waals surface area contributed by atoms with Crippen molar-refractivity contribution >= 4 is 86.4 Å². The van der Waals surface area contributed by atoms with Gasteiger partial charge in [0.25, 0.3) is 0 Å². The van der Waals surface area contributed by atoms with Gasteiger partial charge in [-0.05, 0) is 110 Å². The van der Waals surface area contributed by atoms with Crippen LogP contribution in [0.4, 0.5) is 11.4 Å². The Kier molecular flexibility index (Phi) is 6.76. The van der Waals surface area contributed by atoms with Crippen molar-refractivity contribution in [2.75, 3.05) is 5.32 Å². The van der Waals surface area contributed by atoms with E-state index in [1.54, 1.807) is 0 Å². The molecule has 0 radical (unpaired) electrons. The molecule has 0 aliphatic rings. The average Bonchev–Trinajstić information content (AvgIpc) is 3.80. The minimum Gasteiger partial charge on any atom is -0.456 e. The maximum atomic E-state index is 6.52. The van der Waals surface area contributed by atoms with Crippen molar-refractivity contribution in [2.45, 2.75) is 0 Å². The second-order valence-corrected chi connectivity index (χ2v) is 14.8. The molecule has 9 aromatic carbocycles. The van der Waals surface area contributed by atoms with Crippen molar-refractivity contribution in [1.82, 2.24) is 0 Å². The second kappa shape index (κ2) is 11.9. The second-order valence-electron chi connectivity index (χ2n) is 13.7. The van der Waals surface area contributed by atoms with E-state index in [4.69, 9.17) is 4.42 Å². The number of hydrogen-bond donors (Lipinski definition) is 1. The van der Waals surface area contributed by atoms with Gasteiger partial charge in [-0.15, -0.1) is 11.3 Å². The summed E-state index contributed by atoms with van der Waals surface area (Å²) in [5.41, 5.74) is 11.0. The molecule has 248 valence electrons. The highest BCUT2D eigenvalue weighted by Crippen LogP contribution is 2.44. The van der Waals surface area contributed by atoms with E-state index in [0.29, 0.717) is 0 Å². The molecule has 0 atom stereocenters. The molecule has 2 aromatic heterocycles. The highest BCUT2D eigenvalue weighted by Gasteiger charge is 2.17. The quantitative estimate of drug-likeness (QED) is 0.182. The van der Waals surface area contributed by atoms with E-state index in [-0.39, 0.29) is 0 Å². The van der Waals surface area contributed by atoms with Crippen LogP contribution in [0.2, 0.25) is 0 Å². The topological polar surface area (TPSA) is 25.2 Å². The molecule has 2 heterocycles. The molecule has 0 saturated heterocycles. The molecule has 53 heavy (non-hydrogen) atoms. The third-order valence-electron chi connectivity index (χ3n) is 10.7. The third kappa shape index (κ3) is 4.86. The fourth-order valence-electron chi connectivity index (χ4n) is 8.26. The zero-order valence-corrected chi connectivity index (χ0v) is 29.5. The van der Waals surface area contributed by atoms with Crippen molar-refractivity contribution in [3.63, 3.8) is 0 Å². The van der Waals surface area contributed by atoms with Gasteiger partial charge in [0, 0.05) is 31.2 Å². The Balaban J connectivity index is 1.01. The minimum atomic E-state index is 0.863. The molecule has 0 aliphatic carbocycles. The lowest BCUT2D eigenvalue weighted by molar-refractivity contribution is 0.669. The minimum absolute atomic E-state index is 0.863. The van der Waals surface area contributed by atoms with Gasteiger partial charge in [-0.3, -0.25) is 0 Å². The van der Waals surface area contributed by atoms with Crippen molar-refractivity contribution in [3.05, 3.63) is 182 Å². The third-order valence-corrected chi connectivity index (χ3v) is 11.8. The van der Waals surface area contributed by atoms with Crippen LogP contribution in [0.25, 0.3) is 97.0 Å². The van der Waals surface area contributed by atoms with Gasteiger partial charge in [-0.25, -0.2) is 0 Å². The Morgan fingerprint density at radius 3 is 1.85 bits per heavy atom. The normalized spacial score (nSPS) is 11.8. The maximum absolute atomic E-state index is 6.52. The number of benzene rings is 9. The molecule has 0 spiro atoms. The zero-order chi connectivity index (χ0) is 34.9. The molecular weight excluding hydrogens is 663 g/mol. The van der Waals surface area contributed by atoms with E-state index in [1.807, 2.05) is 11.3 Å². The molecule has 0 amide bonds. The first-order chi connectivity index (χ1) is 26.3. The molecule has 11 rings (SSSR count). The summed E-state index contributed by atoms with van der Waals surface area (Å²) in [4.78, 5) is 0. The molecular formula is C50H31NOS. The standard InChI is InChI=1S/C50H31NOS/c1-2-14-36-34(11-1)30-42(40-16-4-3-15-39(36)40)33-13-7-12-32(29-33)38-18-8-21-44-49(38)50-43(20-10-22-45(50)52-44)51-35-27-25-31(26-28-35)37-19-9-24-47-48(37)41-17-5-6-23-46(41)53-47/h1-30,51H. The lowest BCUT2D eigenvalue weighted by atomic mass is 9.91. The van der Waals surface area contributed by atoms with E-state index in [2.05, 4.69) is 187 Å². The lowest BCUT2D eigenvalue weighted by Crippen LogP contribution is -1.91. The fraction of sp³-hybridized carbons (Fsp3) is 0. The number of rotatable bonds is 5. The van der Waals surface area contributed by atoms with E-state index >= 15 is 0 Å². The first kappa shape index (κ1) is 30.0. The van der Waals surface area contributed by atoms with Crippen LogP contribution < -0.4 is 5.32 Å². The van der Waals surface area contributed by atoms with Crippen LogP contribution in [0.15, 0.2) is 186 Å². The van der Waals surface area contributed by atoms with E-state index in [9.17, 15) is 0 Å². The maximum Gasteiger partial charge on any atom is 0.137 e. The van der Waals surface area contributed by atoms with Crippen LogP contribution in [-0.4, -0.2) is 0 Å². The molecule has 1 N–H and O–H groups in total. The summed E-state index contributed by atoms with van der Waals surface area (Å²) in [6, 6.07) is 65.5. The predicted molar refractivity (Wildman–Crippen MR) is 228 cm³/mol. The van der Waals surface area contributed by atoms with Crippen LogP contribution >= 0.6 is 11.3 Å². The first-order valence-electron chi connectivity index (χ1n) is 18.0. The lowest BCUT2D eigenvalue weighted by Gasteiger charge is -2.13. The van der Waals surface area contributed by atoms with Gasteiger partial charge in [0.15, 0.2) is 0 Å². The fourth-order valence-corrected chi connectivity index (χ4v) is 9.39. The molecule has 0 unspecified atom stereocenters. The molecule has 3 heteroatoms. The van der Waals surface area contributed by atoms with Gasteiger partial charge in [0.05, 0.1) is 11.1 Å². The van der Waals surface area contributed by atoms with Crippen molar-refractivity contribution in [2.24, 2.45) is 0 Å². The Morgan fingerprint density at radius 2 is 1.00 bits per heavy atom. The Labute approximate surface area is 310 Å². The van der Waals surface area contributed by atoms with Gasteiger partial charge < -0.3 is 9.73 Å². The number of fused-ring (bicyclic) bond motifs is 9. The first-order valence-corrected chi connectivity index (χ1v) is 18.8. The van der Waals surface area contributed by atoms with Gasteiger partial charge >= 0.3 is 0 Å². The van der Waals surface area contributed by atoms with Gasteiger partial charge in [0.1, 0.15) is 11.2 Å². The summed E-state index contributed by atoms with van der Waals surface area (Å²) in [6.45, 7) is 0. The number of furan rings is 1. The Bertz CT molecular complexity index is 3200. The SMILES string of the molecule is c1cc(-c2cc3ccccc3c3ccccc23)cc(-c2cccc3oc4cccc(Nc5ccc(-c6cccc7sc8ccccc8c67)cc5)c4c23)c1. The van der Waals surface area contributed by atoms with Crippen LogP contribution in [0.1, 0.15) is 0 Å². The number of nitrogens with one attached hydrogen (secondary N) is 1. The van der Waals surface area contributed by atoms with Crippen LogP contribution in [-0.2, 0) is 0 Å². The molecule has 0 fully saturated rings. The Hall–Kier alpha value is -6.68. The zero-order valence-electron chi connectivity index (χ0n) is 28.6. The van der Waals surface area contributed by atoms with Crippen molar-refractivity contribution in [1.29, 1.82) is 0 Å². The summed E-state index contributed by atoms with van der Waals surface area (Å²) in [6.07, 6.45) is 0. The van der Waals surface area contributed by atoms with E-state index < -0.39 is 0 Å². The van der Waals surface area contributed by atoms with Crippen molar-refractivity contribution < 1.29 is 4.42 Å². The highest BCUT2D eigenvalue weighted by atomic mass is 32.1. The molecule has 2 nitrogen and oxygen atoms in total. The van der Waals surface area contributed by atoms with E-state index in [0.717, 1.165) is 44.4 Å². The smallest absolute Gasteiger partial charge is 0.137 e. The summed E-state index contributed by atoms with van der Waals surface area (Å²) in [5.74, 6) is 0. The predicted octanol–water partition coefficient (Wildman–Crippen LogP) is 15.0. The number of hydrogen-bond acceptors (Lipinski definition) is 3. The molecule has 11 aromatic rings. The highest BCUT2D eigenvalue weighted by molar-refractivity contribution is 7.25. The van der Waals surface area contributed by atoms with E-state index in [1.165, 1.54) is 64.0 Å². The van der Waals surface area contributed by atoms with Crippen LogP contribution in [0, 0.1) is 0 Å². The summed E-state index contributed by atoms with van der Waals surface area (Å²) >= 11 is 1.86. The Morgan fingerprint density at radius 1 is 0.377 bits per heavy atom. The van der Waals surface area contributed by atoms with Crippen LogP contribution in [0.5, 0.6) is 0 Å². The average molecular weight is 694 g/mol. The summed E-state index contributed by atoms with van der Waals surface area (Å²) in [7, 11) is 0. The van der Waals surface area contributed by atoms with Gasteiger partial charge in [-0.2, -0.15) is 0 Å². The molecule has 0 saturated carbocycles. The summed E-state index contributed by atoms with van der Waals surface area (Å²) < 4.78 is 9.16. The monoisotopic (exact) mass is 693 g/mol. The van der Waals surface area contributed by atoms with Crippen molar-refractivity contribution in [3.8, 4) is 33.4 Å². The van der Waals surface area contributed by atoms with Gasteiger partial charge in [0.2, 0.25) is 0 Å². The summed E-state index contributed by atoms with van der Waals surface area (Å²) in [5, 5.41) is 13.7. The largest absolute Gasteiger partial charge is 0.456 e. The molecule has 0 bridgehead atoms.